The summed E-state index contributed by atoms with van der Waals surface area (Å²) in [5.41, 5.74) is 3.64. The van der Waals surface area contributed by atoms with Gasteiger partial charge in [-0.1, -0.05) is 23.9 Å². The lowest BCUT2D eigenvalue weighted by atomic mass is 10.2. The summed E-state index contributed by atoms with van der Waals surface area (Å²) in [6, 6.07) is 7.31. The van der Waals surface area contributed by atoms with Gasteiger partial charge in [-0.05, 0) is 38.5 Å². The number of amides is 1. The molecular weight excluding hydrogens is 298 g/mol. The summed E-state index contributed by atoms with van der Waals surface area (Å²) < 4.78 is 5.21. The Morgan fingerprint density at radius 3 is 2.45 bits per heavy atom. The third-order valence-corrected chi connectivity index (χ3v) is 4.17. The third-order valence-electron chi connectivity index (χ3n) is 3.33. The molecule has 0 unspecified atom stereocenters. The van der Waals surface area contributed by atoms with Gasteiger partial charge in [-0.15, -0.1) is 0 Å². The number of para-hydroxylation sites is 2. The maximum absolute atomic E-state index is 12.0. The molecule has 2 rings (SSSR count). The van der Waals surface area contributed by atoms with Crippen LogP contribution in [0.2, 0.25) is 0 Å². The first-order valence-electron chi connectivity index (χ1n) is 6.88. The maximum atomic E-state index is 12.0. The van der Waals surface area contributed by atoms with Crippen LogP contribution in [0.4, 0.5) is 5.69 Å². The first kappa shape index (κ1) is 16.3. The highest BCUT2D eigenvalue weighted by Gasteiger charge is 2.10. The van der Waals surface area contributed by atoms with E-state index in [1.54, 1.807) is 19.2 Å². The van der Waals surface area contributed by atoms with Crippen LogP contribution in [0, 0.1) is 20.8 Å². The molecule has 6 heteroatoms. The number of hydrogen-bond donors (Lipinski definition) is 1. The minimum atomic E-state index is -0.117. The van der Waals surface area contributed by atoms with E-state index in [4.69, 9.17) is 4.74 Å². The van der Waals surface area contributed by atoms with E-state index in [0.717, 1.165) is 17.0 Å². The van der Waals surface area contributed by atoms with Crippen LogP contribution in [-0.4, -0.2) is 28.7 Å². The Morgan fingerprint density at radius 2 is 1.82 bits per heavy atom. The number of aromatic nitrogens is 2. The molecule has 1 amide bonds. The molecule has 0 saturated heterocycles. The Hall–Kier alpha value is -2.08. The summed E-state index contributed by atoms with van der Waals surface area (Å²) in [5.74, 6) is 0.771. The number of nitrogens with zero attached hydrogens (tertiary/aromatic N) is 2. The number of anilines is 1. The second kappa shape index (κ2) is 7.26. The molecule has 0 radical (unpaired) electrons. The first-order valence-corrected chi connectivity index (χ1v) is 7.87. The molecule has 2 aromatic rings. The van der Waals surface area contributed by atoms with Crippen molar-refractivity contribution in [2.45, 2.75) is 25.9 Å². The fraction of sp³-hybridized carbons (Fsp3) is 0.312. The van der Waals surface area contributed by atoms with Crippen LogP contribution in [0.25, 0.3) is 0 Å². The van der Waals surface area contributed by atoms with Crippen LogP contribution >= 0.6 is 11.8 Å². The van der Waals surface area contributed by atoms with Gasteiger partial charge in [-0.2, -0.15) is 0 Å². The van der Waals surface area contributed by atoms with E-state index in [1.807, 2.05) is 32.9 Å². The van der Waals surface area contributed by atoms with Crippen molar-refractivity contribution in [1.82, 2.24) is 9.97 Å². The number of benzene rings is 1. The number of carbonyl (C=O) groups excluding carboxylic acids is 1. The lowest BCUT2D eigenvalue weighted by molar-refractivity contribution is -0.113. The van der Waals surface area contributed by atoms with E-state index >= 15 is 0 Å². The van der Waals surface area contributed by atoms with Gasteiger partial charge in [0.25, 0.3) is 0 Å². The van der Waals surface area contributed by atoms with Crippen molar-refractivity contribution in [3.8, 4) is 5.75 Å². The van der Waals surface area contributed by atoms with Crippen molar-refractivity contribution in [1.29, 1.82) is 0 Å². The zero-order valence-electron chi connectivity index (χ0n) is 13.1. The molecule has 0 atom stereocenters. The van der Waals surface area contributed by atoms with Gasteiger partial charge in [0.1, 0.15) is 5.75 Å². The normalized spacial score (nSPS) is 10.4. The van der Waals surface area contributed by atoms with Gasteiger partial charge in [0, 0.05) is 11.4 Å². The summed E-state index contributed by atoms with van der Waals surface area (Å²) in [6.07, 6.45) is 0. The fourth-order valence-electron chi connectivity index (χ4n) is 1.87. The molecule has 0 saturated carbocycles. The van der Waals surface area contributed by atoms with E-state index in [0.29, 0.717) is 16.6 Å². The highest BCUT2D eigenvalue weighted by molar-refractivity contribution is 7.99. The number of thioether (sulfide) groups is 1. The Morgan fingerprint density at radius 1 is 1.18 bits per heavy atom. The number of carbonyl (C=O) groups is 1. The van der Waals surface area contributed by atoms with Crippen LogP contribution in [0.15, 0.2) is 29.4 Å². The zero-order valence-corrected chi connectivity index (χ0v) is 14.0. The first-order chi connectivity index (χ1) is 10.5. The average Bonchev–Trinajstić information content (AvgIpc) is 2.51. The lowest BCUT2D eigenvalue weighted by Gasteiger charge is -2.10. The summed E-state index contributed by atoms with van der Waals surface area (Å²) >= 11 is 1.32. The van der Waals surface area contributed by atoms with Crippen LogP contribution in [0.1, 0.15) is 17.0 Å². The summed E-state index contributed by atoms with van der Waals surface area (Å²) in [5, 5.41) is 3.45. The predicted molar refractivity (Wildman–Crippen MR) is 88.6 cm³/mol. The number of rotatable bonds is 5. The van der Waals surface area contributed by atoms with Crippen molar-refractivity contribution in [2.24, 2.45) is 0 Å². The molecule has 1 aromatic carbocycles. The summed E-state index contributed by atoms with van der Waals surface area (Å²) in [7, 11) is 1.57. The van der Waals surface area contributed by atoms with Gasteiger partial charge in [0.05, 0.1) is 18.6 Å². The number of ether oxygens (including phenoxy) is 1. The molecule has 0 spiro atoms. The molecule has 1 aromatic heterocycles. The molecular formula is C16H19N3O2S. The van der Waals surface area contributed by atoms with Crippen molar-refractivity contribution < 1.29 is 9.53 Å². The summed E-state index contributed by atoms with van der Waals surface area (Å²) in [6.45, 7) is 5.89. The van der Waals surface area contributed by atoms with E-state index < -0.39 is 0 Å². The molecule has 1 N–H and O–H groups in total. The smallest absolute Gasteiger partial charge is 0.234 e. The number of hydrogen-bond acceptors (Lipinski definition) is 5. The maximum Gasteiger partial charge on any atom is 0.234 e. The van der Waals surface area contributed by atoms with Crippen LogP contribution in [-0.2, 0) is 4.79 Å². The Kier molecular flexibility index (Phi) is 5.38. The Balaban J connectivity index is 1.98. The quantitative estimate of drug-likeness (QED) is 0.678. The number of methoxy groups -OCH3 is 1. The van der Waals surface area contributed by atoms with Gasteiger partial charge in [-0.25, -0.2) is 9.97 Å². The Labute approximate surface area is 134 Å². The molecule has 0 bridgehead atoms. The lowest BCUT2D eigenvalue weighted by Crippen LogP contribution is -2.15. The van der Waals surface area contributed by atoms with Crippen molar-refractivity contribution >= 4 is 23.4 Å². The fourth-order valence-corrected chi connectivity index (χ4v) is 2.61. The Bertz CT molecular complexity index is 666. The molecule has 5 nitrogen and oxygen atoms in total. The SMILES string of the molecule is COc1ccccc1NC(=O)CSc1nc(C)c(C)c(C)n1. The standard InChI is InChI=1S/C16H19N3O2S/c1-10-11(2)17-16(18-12(10)3)22-9-15(20)19-13-7-5-6-8-14(13)21-4/h5-8H,9H2,1-4H3,(H,19,20). The monoisotopic (exact) mass is 317 g/mol. The van der Waals surface area contributed by atoms with Crippen molar-refractivity contribution in [3.05, 3.63) is 41.2 Å². The topological polar surface area (TPSA) is 64.1 Å². The van der Waals surface area contributed by atoms with Gasteiger partial charge < -0.3 is 10.1 Å². The molecule has 22 heavy (non-hydrogen) atoms. The van der Waals surface area contributed by atoms with Crippen molar-refractivity contribution in [2.75, 3.05) is 18.2 Å². The van der Waals surface area contributed by atoms with Crippen LogP contribution in [0.3, 0.4) is 0 Å². The minimum absolute atomic E-state index is 0.117. The highest BCUT2D eigenvalue weighted by Crippen LogP contribution is 2.24. The zero-order chi connectivity index (χ0) is 16.1. The van der Waals surface area contributed by atoms with E-state index in [-0.39, 0.29) is 11.7 Å². The van der Waals surface area contributed by atoms with Gasteiger partial charge in [0.15, 0.2) is 5.16 Å². The van der Waals surface area contributed by atoms with Crippen LogP contribution < -0.4 is 10.1 Å². The third kappa shape index (κ3) is 3.98. The molecule has 0 aliphatic rings. The molecule has 116 valence electrons. The second-order valence-electron chi connectivity index (χ2n) is 4.84. The van der Waals surface area contributed by atoms with E-state index in [2.05, 4.69) is 15.3 Å². The number of nitrogens with one attached hydrogen (secondary N) is 1. The van der Waals surface area contributed by atoms with Gasteiger partial charge >= 0.3 is 0 Å². The van der Waals surface area contributed by atoms with Gasteiger partial charge in [-0.3, -0.25) is 4.79 Å². The van der Waals surface area contributed by atoms with E-state index in [9.17, 15) is 4.79 Å². The second-order valence-corrected chi connectivity index (χ2v) is 5.78. The average molecular weight is 317 g/mol. The summed E-state index contributed by atoms with van der Waals surface area (Å²) in [4.78, 5) is 20.8. The largest absolute Gasteiger partial charge is 0.495 e. The van der Waals surface area contributed by atoms with Crippen LogP contribution in [0.5, 0.6) is 5.75 Å². The molecule has 0 aliphatic heterocycles. The van der Waals surface area contributed by atoms with Gasteiger partial charge in [0.2, 0.25) is 5.91 Å². The highest BCUT2D eigenvalue weighted by atomic mass is 32.2. The predicted octanol–water partition coefficient (Wildman–Crippen LogP) is 3.14. The molecule has 1 heterocycles. The number of aryl methyl sites for hydroxylation is 2. The molecule has 0 aliphatic carbocycles. The van der Waals surface area contributed by atoms with E-state index in [1.165, 1.54) is 11.8 Å². The van der Waals surface area contributed by atoms with Crippen molar-refractivity contribution in [3.63, 3.8) is 0 Å². The minimum Gasteiger partial charge on any atom is -0.495 e. The molecule has 0 fully saturated rings.